The van der Waals surface area contributed by atoms with Gasteiger partial charge in [0.05, 0.1) is 31.1 Å². The van der Waals surface area contributed by atoms with Gasteiger partial charge in [0.2, 0.25) is 5.78 Å². The van der Waals surface area contributed by atoms with Crippen molar-refractivity contribution < 1.29 is 20.1 Å². The van der Waals surface area contributed by atoms with Crippen molar-refractivity contribution in [1.29, 1.82) is 5.26 Å². The van der Waals surface area contributed by atoms with E-state index in [1.807, 2.05) is 32.9 Å². The molecule has 3 unspecified atom stereocenters. The number of imidazole rings is 1. The first-order valence-electron chi connectivity index (χ1n) is 14.0. The van der Waals surface area contributed by atoms with Gasteiger partial charge in [-0.15, -0.1) is 0 Å². The van der Waals surface area contributed by atoms with Gasteiger partial charge in [0, 0.05) is 22.1 Å². The van der Waals surface area contributed by atoms with E-state index in [4.69, 9.17) is 20.5 Å². The summed E-state index contributed by atoms with van der Waals surface area (Å²) < 4.78 is 41.5. The van der Waals surface area contributed by atoms with E-state index < -0.39 is 35.2 Å². The maximum atomic E-state index is 13.1. The third-order valence-electron chi connectivity index (χ3n) is 6.57. The molecule has 2 aromatic rings. The summed E-state index contributed by atoms with van der Waals surface area (Å²) in [5.41, 5.74) is -0.617. The number of ether oxygens (including phenoxy) is 1. The maximum Gasteiger partial charge on any atom is 0.202 e. The van der Waals surface area contributed by atoms with Gasteiger partial charge < -0.3 is 14.8 Å². The van der Waals surface area contributed by atoms with Crippen LogP contribution < -0.4 is 0 Å². The van der Waals surface area contributed by atoms with Gasteiger partial charge in [0.1, 0.15) is 11.8 Å². The molecule has 186 valence electrons. The number of hydrogen-bond acceptors (Lipinski definition) is 6. The van der Waals surface area contributed by atoms with Crippen LogP contribution in [0.3, 0.4) is 0 Å². The standard InChI is InChI=1S/C28H36N4O3/c1-26(2)10-8-18(9-11-26)24-19(12-23(34)25-30-16-21(15-29)31-25)6-7-22(32-24)20-13-27(3,4)35-28(5,14-20)17-33/h6-8,16,20,33H,9-14,17H2,1-5H3,(H,30,31)/i8D,9D2,10D. The van der Waals surface area contributed by atoms with Crippen LogP contribution in [0.5, 0.6) is 0 Å². The Labute approximate surface area is 213 Å². The lowest BCUT2D eigenvalue weighted by atomic mass is 9.76. The van der Waals surface area contributed by atoms with Gasteiger partial charge in [-0.3, -0.25) is 9.78 Å². The number of aliphatic hydroxyl groups is 1. The third-order valence-corrected chi connectivity index (χ3v) is 6.57. The van der Waals surface area contributed by atoms with Crippen LogP contribution in [0.4, 0.5) is 0 Å². The second-order valence-corrected chi connectivity index (χ2v) is 11.2. The van der Waals surface area contributed by atoms with Crippen molar-refractivity contribution in [3.63, 3.8) is 0 Å². The van der Waals surface area contributed by atoms with E-state index in [1.165, 1.54) is 6.20 Å². The Balaban J connectivity index is 1.85. The zero-order chi connectivity index (χ0) is 29.0. The summed E-state index contributed by atoms with van der Waals surface area (Å²) in [5, 5.41) is 19.1. The van der Waals surface area contributed by atoms with Gasteiger partial charge in [0.15, 0.2) is 5.82 Å². The number of aromatic nitrogens is 3. The number of nitrogens with zero attached hydrogens (tertiary/aromatic N) is 3. The SMILES string of the molecule is [2H]C1=C(c2nc(C3CC(C)(C)OC(C)(CO)C3)ccc2CC(=O)c2ncc(C#N)[nH]2)C([2H])([2H])CC(C)(C)C1[2H]. The summed E-state index contributed by atoms with van der Waals surface area (Å²) in [7, 11) is 0. The highest BCUT2D eigenvalue weighted by atomic mass is 16.5. The zero-order valence-electron chi connectivity index (χ0n) is 25.0. The number of Topliss-reactive ketones (excluding diaryl/α,β-unsaturated/α-hetero) is 1. The van der Waals surface area contributed by atoms with E-state index >= 15 is 0 Å². The molecule has 7 heteroatoms. The lowest BCUT2D eigenvalue weighted by Gasteiger charge is -2.46. The molecule has 3 atom stereocenters. The number of aliphatic hydroxyl groups excluding tert-OH is 1. The van der Waals surface area contributed by atoms with E-state index in [2.05, 4.69) is 9.97 Å². The molecule has 0 amide bonds. The molecule has 7 nitrogen and oxygen atoms in total. The van der Waals surface area contributed by atoms with Crippen LogP contribution >= 0.6 is 0 Å². The minimum atomic E-state index is -1.95. The Hall–Kier alpha value is -2.82. The van der Waals surface area contributed by atoms with Crippen molar-refractivity contribution in [1.82, 2.24) is 15.0 Å². The minimum absolute atomic E-state index is 0.0118. The van der Waals surface area contributed by atoms with Crippen molar-refractivity contribution in [2.24, 2.45) is 5.41 Å². The van der Waals surface area contributed by atoms with Gasteiger partial charge in [0.25, 0.3) is 0 Å². The van der Waals surface area contributed by atoms with Gasteiger partial charge in [-0.2, -0.15) is 5.26 Å². The largest absolute Gasteiger partial charge is 0.393 e. The molecule has 0 radical (unpaired) electrons. The highest BCUT2D eigenvalue weighted by Crippen LogP contribution is 2.44. The van der Waals surface area contributed by atoms with Crippen LogP contribution in [0.1, 0.15) is 111 Å². The first-order chi connectivity index (χ1) is 18.0. The molecular formula is C28H36N4O3. The normalized spacial score (nSPS) is 31.0. The molecule has 35 heavy (non-hydrogen) atoms. The third kappa shape index (κ3) is 5.71. The van der Waals surface area contributed by atoms with E-state index in [0.29, 0.717) is 24.1 Å². The Morgan fingerprint density at radius 3 is 2.80 bits per heavy atom. The molecule has 1 saturated heterocycles. The molecule has 1 fully saturated rings. The molecule has 2 N–H and O–H groups in total. The fourth-order valence-electron chi connectivity index (χ4n) is 4.95. The predicted molar refractivity (Wildman–Crippen MR) is 134 cm³/mol. The number of ketones is 1. The number of carbonyl (C=O) groups excluding carboxylic acids is 1. The number of nitriles is 1. The van der Waals surface area contributed by atoms with Gasteiger partial charge in [-0.1, -0.05) is 26.0 Å². The minimum Gasteiger partial charge on any atom is -0.393 e. The Morgan fingerprint density at radius 1 is 1.34 bits per heavy atom. The smallest absolute Gasteiger partial charge is 0.202 e. The molecule has 2 aliphatic rings. The summed E-state index contributed by atoms with van der Waals surface area (Å²) in [6, 6.07) is 5.30. The van der Waals surface area contributed by atoms with Crippen molar-refractivity contribution in [3.8, 4) is 6.07 Å². The number of rotatable bonds is 6. The highest BCUT2D eigenvalue weighted by molar-refractivity contribution is 5.95. The number of carbonyl (C=O) groups is 1. The molecule has 3 heterocycles. The van der Waals surface area contributed by atoms with Crippen LogP contribution in [0.2, 0.25) is 0 Å². The molecule has 0 saturated carbocycles. The maximum absolute atomic E-state index is 13.1. The van der Waals surface area contributed by atoms with Crippen molar-refractivity contribution >= 4 is 11.4 Å². The fourth-order valence-corrected chi connectivity index (χ4v) is 4.95. The summed E-state index contributed by atoms with van der Waals surface area (Å²) in [6.45, 7) is 9.16. The molecular weight excluding hydrogens is 440 g/mol. The van der Waals surface area contributed by atoms with Gasteiger partial charge in [-0.05, 0) is 75.4 Å². The van der Waals surface area contributed by atoms with Crippen LogP contribution in [0, 0.1) is 16.7 Å². The van der Waals surface area contributed by atoms with E-state index in [1.54, 1.807) is 19.9 Å². The lowest BCUT2D eigenvalue weighted by Crippen LogP contribution is -2.48. The molecule has 2 aromatic heterocycles. The second kappa shape index (κ2) is 9.33. The van der Waals surface area contributed by atoms with E-state index in [9.17, 15) is 9.90 Å². The van der Waals surface area contributed by atoms with Crippen molar-refractivity contribution in [2.45, 2.75) is 90.2 Å². The number of hydrogen-bond donors (Lipinski definition) is 2. The summed E-state index contributed by atoms with van der Waals surface area (Å²) in [4.78, 5) is 24.7. The fraction of sp³-hybridized carbons (Fsp3) is 0.571. The van der Waals surface area contributed by atoms with E-state index in [0.717, 1.165) is 0 Å². The lowest BCUT2D eigenvalue weighted by molar-refractivity contribution is -0.187. The summed E-state index contributed by atoms with van der Waals surface area (Å²) >= 11 is 0. The van der Waals surface area contributed by atoms with Crippen LogP contribution in [-0.4, -0.2) is 43.7 Å². The molecule has 4 rings (SSSR count). The average Bonchev–Trinajstić information content (AvgIpc) is 3.31. The second-order valence-electron chi connectivity index (χ2n) is 11.2. The van der Waals surface area contributed by atoms with Crippen LogP contribution in [0.25, 0.3) is 5.57 Å². The zero-order valence-corrected chi connectivity index (χ0v) is 21.0. The summed E-state index contributed by atoms with van der Waals surface area (Å²) in [5.74, 6) is -0.513. The Bertz CT molecular complexity index is 1360. The van der Waals surface area contributed by atoms with Crippen LogP contribution in [-0.2, 0) is 11.2 Å². The molecule has 1 aliphatic heterocycles. The predicted octanol–water partition coefficient (Wildman–Crippen LogP) is 5.12. The Morgan fingerprint density at radius 2 is 2.11 bits per heavy atom. The first kappa shape index (κ1) is 20.4. The molecule has 0 spiro atoms. The number of H-pyrrole nitrogens is 1. The monoisotopic (exact) mass is 480 g/mol. The van der Waals surface area contributed by atoms with Crippen LogP contribution in [0.15, 0.2) is 24.4 Å². The topological polar surface area (TPSA) is 112 Å². The highest BCUT2D eigenvalue weighted by Gasteiger charge is 2.43. The average molecular weight is 481 g/mol. The van der Waals surface area contributed by atoms with Crippen molar-refractivity contribution in [2.75, 3.05) is 6.61 Å². The van der Waals surface area contributed by atoms with E-state index in [-0.39, 0.29) is 54.2 Å². The van der Waals surface area contributed by atoms with Gasteiger partial charge in [-0.25, -0.2) is 4.98 Å². The molecule has 1 aliphatic carbocycles. The summed E-state index contributed by atoms with van der Waals surface area (Å²) in [6.07, 6.45) is -0.672. The number of pyridine rings is 1. The molecule has 0 aromatic carbocycles. The first-order valence-corrected chi connectivity index (χ1v) is 11.9. The quantitative estimate of drug-likeness (QED) is 0.555. The van der Waals surface area contributed by atoms with Crippen molar-refractivity contribution in [3.05, 3.63) is 52.9 Å². The molecule has 0 bridgehead atoms. The number of aromatic amines is 1. The number of nitrogens with one attached hydrogen (secondary N) is 1. The number of allylic oxidation sites excluding steroid dienone is 2. The Kier molecular flexibility index (Phi) is 5.43. The van der Waals surface area contributed by atoms with Gasteiger partial charge >= 0.3 is 0 Å².